The predicted molar refractivity (Wildman–Crippen MR) is 98.9 cm³/mol. The molecule has 0 heterocycles. The van der Waals surface area contributed by atoms with Crippen molar-refractivity contribution in [1.82, 2.24) is 0 Å². The first-order valence-electron chi connectivity index (χ1n) is 9.71. The standard InChI is InChI=1S/C22H32O3/c1-6-16-8-9-18-17(14(16)2)12-19(24)20-21(4,13-25-15(3)23)10-7-11-22(18,20)5/h6,17-18,20H,1,7-13H2,2-5H3/t17-,18-,20-,21-,22+/m0/s1. The largest absolute Gasteiger partial charge is 0.465 e. The van der Waals surface area contributed by atoms with Crippen molar-refractivity contribution in [3.05, 3.63) is 23.8 Å². The number of Topliss-reactive ketones (excluding diaryl/α,β-unsaturated/α-hetero) is 1. The molecule has 0 aromatic carbocycles. The lowest BCUT2D eigenvalue weighted by Gasteiger charge is -2.60. The zero-order valence-corrected chi connectivity index (χ0v) is 16.2. The van der Waals surface area contributed by atoms with E-state index in [9.17, 15) is 9.59 Å². The lowest BCUT2D eigenvalue weighted by Crippen LogP contribution is -2.58. The van der Waals surface area contributed by atoms with E-state index < -0.39 is 0 Å². The molecule has 3 aliphatic carbocycles. The molecule has 0 amide bonds. The molecule has 0 aliphatic heterocycles. The fourth-order valence-corrected chi connectivity index (χ4v) is 6.47. The van der Waals surface area contributed by atoms with Crippen LogP contribution in [0.25, 0.3) is 0 Å². The number of carbonyl (C=O) groups excluding carboxylic acids is 2. The van der Waals surface area contributed by atoms with E-state index in [1.54, 1.807) is 0 Å². The van der Waals surface area contributed by atoms with Crippen LogP contribution in [-0.4, -0.2) is 18.4 Å². The second-order valence-electron chi connectivity index (χ2n) is 9.06. The highest BCUT2D eigenvalue weighted by atomic mass is 16.5. The summed E-state index contributed by atoms with van der Waals surface area (Å²) in [6, 6.07) is 0. The molecule has 2 saturated carbocycles. The third-order valence-corrected chi connectivity index (χ3v) is 7.53. The number of carbonyl (C=O) groups is 2. The van der Waals surface area contributed by atoms with Gasteiger partial charge in [-0.3, -0.25) is 9.59 Å². The monoisotopic (exact) mass is 344 g/mol. The van der Waals surface area contributed by atoms with Crippen molar-refractivity contribution < 1.29 is 14.3 Å². The van der Waals surface area contributed by atoms with Crippen molar-refractivity contribution in [2.45, 2.75) is 66.2 Å². The van der Waals surface area contributed by atoms with E-state index in [4.69, 9.17) is 4.74 Å². The summed E-state index contributed by atoms with van der Waals surface area (Å²) >= 11 is 0. The van der Waals surface area contributed by atoms with Gasteiger partial charge in [-0.15, -0.1) is 0 Å². The number of ether oxygens (including phenoxy) is 1. The summed E-state index contributed by atoms with van der Waals surface area (Å²) in [5.74, 6) is 1.05. The number of hydrogen-bond donors (Lipinski definition) is 0. The van der Waals surface area contributed by atoms with E-state index in [-0.39, 0.29) is 22.7 Å². The lowest BCUT2D eigenvalue weighted by atomic mass is 9.43. The van der Waals surface area contributed by atoms with Crippen LogP contribution in [0.2, 0.25) is 0 Å². The number of allylic oxidation sites excluding steroid dienone is 3. The topological polar surface area (TPSA) is 43.4 Å². The Hall–Kier alpha value is -1.38. The molecule has 0 aromatic rings. The molecule has 0 aromatic heterocycles. The number of esters is 1. The predicted octanol–water partition coefficient (Wildman–Crippen LogP) is 4.86. The summed E-state index contributed by atoms with van der Waals surface area (Å²) in [6.45, 7) is 12.5. The fourth-order valence-electron chi connectivity index (χ4n) is 6.47. The molecule has 0 radical (unpaired) electrons. The molecule has 3 aliphatic rings. The quantitative estimate of drug-likeness (QED) is 0.686. The second kappa shape index (κ2) is 6.41. The van der Waals surface area contributed by atoms with Crippen LogP contribution in [0.1, 0.15) is 66.2 Å². The Morgan fingerprint density at radius 3 is 2.72 bits per heavy atom. The van der Waals surface area contributed by atoms with Gasteiger partial charge in [0.15, 0.2) is 0 Å². The van der Waals surface area contributed by atoms with Crippen molar-refractivity contribution in [3.8, 4) is 0 Å². The minimum atomic E-state index is -0.248. The number of ketones is 1. The number of rotatable bonds is 3. The van der Waals surface area contributed by atoms with Gasteiger partial charge < -0.3 is 4.74 Å². The van der Waals surface area contributed by atoms with E-state index in [0.717, 1.165) is 32.1 Å². The molecule has 2 fully saturated rings. The Labute approximate surface area is 151 Å². The molecule has 3 rings (SSSR count). The SMILES string of the molecule is C=CC1=C(C)[C@@H]2CC(=O)[C@H]3[C@](C)(COC(C)=O)CCC[C@]3(C)[C@H]2CC1. The van der Waals surface area contributed by atoms with Gasteiger partial charge in [0.2, 0.25) is 0 Å². The molecular formula is C22H32O3. The van der Waals surface area contributed by atoms with E-state index in [2.05, 4.69) is 27.4 Å². The second-order valence-corrected chi connectivity index (χ2v) is 9.06. The van der Waals surface area contributed by atoms with Crippen LogP contribution >= 0.6 is 0 Å². The van der Waals surface area contributed by atoms with Crippen molar-refractivity contribution >= 4 is 11.8 Å². The molecule has 0 bridgehead atoms. The molecule has 138 valence electrons. The van der Waals surface area contributed by atoms with Gasteiger partial charge in [0, 0.05) is 24.7 Å². The van der Waals surface area contributed by atoms with Gasteiger partial charge in [0.25, 0.3) is 0 Å². The molecule has 0 unspecified atom stereocenters. The van der Waals surface area contributed by atoms with E-state index >= 15 is 0 Å². The summed E-state index contributed by atoms with van der Waals surface area (Å²) in [5.41, 5.74) is 2.51. The Balaban J connectivity index is 1.97. The number of fused-ring (bicyclic) bond motifs is 3. The zero-order valence-electron chi connectivity index (χ0n) is 16.2. The van der Waals surface area contributed by atoms with Gasteiger partial charge in [-0.25, -0.2) is 0 Å². The van der Waals surface area contributed by atoms with Gasteiger partial charge in [-0.2, -0.15) is 0 Å². The average Bonchev–Trinajstić information content (AvgIpc) is 2.54. The Morgan fingerprint density at radius 2 is 2.08 bits per heavy atom. The molecule has 3 heteroatoms. The van der Waals surface area contributed by atoms with Crippen molar-refractivity contribution in [2.75, 3.05) is 6.61 Å². The maximum Gasteiger partial charge on any atom is 0.302 e. The third-order valence-electron chi connectivity index (χ3n) is 7.53. The van der Waals surface area contributed by atoms with Crippen LogP contribution in [0, 0.1) is 28.6 Å². The molecule has 25 heavy (non-hydrogen) atoms. The average molecular weight is 344 g/mol. The van der Waals surface area contributed by atoms with Gasteiger partial charge in [-0.05, 0) is 55.4 Å². The van der Waals surface area contributed by atoms with Gasteiger partial charge in [-0.1, -0.05) is 38.5 Å². The smallest absolute Gasteiger partial charge is 0.302 e. The molecule has 0 saturated heterocycles. The van der Waals surface area contributed by atoms with Crippen LogP contribution < -0.4 is 0 Å². The summed E-state index contributed by atoms with van der Waals surface area (Å²) in [4.78, 5) is 24.7. The van der Waals surface area contributed by atoms with E-state index in [0.29, 0.717) is 30.6 Å². The zero-order chi connectivity index (χ0) is 18.4. The minimum Gasteiger partial charge on any atom is -0.465 e. The van der Waals surface area contributed by atoms with Crippen LogP contribution in [0.3, 0.4) is 0 Å². The summed E-state index contributed by atoms with van der Waals surface area (Å²) in [5, 5.41) is 0. The maximum atomic E-state index is 13.3. The van der Waals surface area contributed by atoms with Crippen molar-refractivity contribution in [2.24, 2.45) is 28.6 Å². The van der Waals surface area contributed by atoms with Crippen LogP contribution in [0.15, 0.2) is 23.8 Å². The lowest BCUT2D eigenvalue weighted by molar-refractivity contribution is -0.168. The molecule has 0 N–H and O–H groups in total. The number of hydrogen-bond acceptors (Lipinski definition) is 3. The summed E-state index contributed by atoms with van der Waals surface area (Å²) in [7, 11) is 0. The Kier molecular flexibility index (Phi) is 4.72. The van der Waals surface area contributed by atoms with Gasteiger partial charge in [0.05, 0.1) is 6.61 Å². The minimum absolute atomic E-state index is 0.00688. The Bertz CT molecular complexity index is 631. The molecular weight excluding hydrogens is 312 g/mol. The van der Waals surface area contributed by atoms with Crippen LogP contribution in [0.4, 0.5) is 0 Å². The first kappa shape index (κ1) is 18.4. The first-order chi connectivity index (χ1) is 11.7. The van der Waals surface area contributed by atoms with Crippen molar-refractivity contribution in [1.29, 1.82) is 0 Å². The third kappa shape index (κ3) is 2.90. The highest BCUT2D eigenvalue weighted by molar-refractivity contribution is 5.84. The van der Waals surface area contributed by atoms with Gasteiger partial charge in [0.1, 0.15) is 5.78 Å². The van der Waals surface area contributed by atoms with E-state index in [1.807, 2.05) is 6.08 Å². The highest BCUT2D eigenvalue weighted by Gasteiger charge is 2.60. The van der Waals surface area contributed by atoms with Crippen LogP contribution in [-0.2, 0) is 14.3 Å². The molecule has 3 nitrogen and oxygen atoms in total. The van der Waals surface area contributed by atoms with E-state index in [1.165, 1.54) is 18.1 Å². The highest BCUT2D eigenvalue weighted by Crippen LogP contribution is 2.63. The van der Waals surface area contributed by atoms with Gasteiger partial charge >= 0.3 is 5.97 Å². The maximum absolute atomic E-state index is 13.3. The fraction of sp³-hybridized carbons (Fsp3) is 0.727. The molecule has 0 spiro atoms. The molecule has 5 atom stereocenters. The van der Waals surface area contributed by atoms with Crippen molar-refractivity contribution in [3.63, 3.8) is 0 Å². The normalized spacial score (nSPS) is 41.0. The summed E-state index contributed by atoms with van der Waals surface area (Å²) < 4.78 is 5.40. The Morgan fingerprint density at radius 1 is 1.36 bits per heavy atom. The first-order valence-corrected chi connectivity index (χ1v) is 9.71. The summed E-state index contributed by atoms with van der Waals surface area (Å²) in [6.07, 6.45) is 8.03. The van der Waals surface area contributed by atoms with Crippen LogP contribution in [0.5, 0.6) is 0 Å².